The summed E-state index contributed by atoms with van der Waals surface area (Å²) in [6.45, 7) is 1.51. The third-order valence-electron chi connectivity index (χ3n) is 5.35. The zero-order chi connectivity index (χ0) is 23.9. The van der Waals surface area contributed by atoms with Crippen molar-refractivity contribution in [3.63, 3.8) is 0 Å². The van der Waals surface area contributed by atoms with Crippen LogP contribution in [0, 0.1) is 0 Å². The van der Waals surface area contributed by atoms with E-state index in [2.05, 4.69) is 10.3 Å². The molecule has 0 bridgehead atoms. The molecule has 7 heteroatoms. The van der Waals surface area contributed by atoms with Crippen molar-refractivity contribution in [1.29, 1.82) is 0 Å². The largest absolute Gasteiger partial charge is 0.453 e. The highest BCUT2D eigenvalue weighted by molar-refractivity contribution is 6.00. The summed E-state index contributed by atoms with van der Waals surface area (Å²) in [5.74, 6) is -0.717. The van der Waals surface area contributed by atoms with E-state index in [4.69, 9.17) is 9.47 Å². The summed E-state index contributed by atoms with van der Waals surface area (Å²) in [5.41, 5.74) is 2.16. The van der Waals surface area contributed by atoms with Crippen molar-refractivity contribution < 1.29 is 23.9 Å². The molecule has 34 heavy (non-hydrogen) atoms. The average Bonchev–Trinajstić information content (AvgIpc) is 3.27. The number of ketones is 1. The maximum absolute atomic E-state index is 13.1. The molecule has 3 aromatic carbocycles. The van der Waals surface area contributed by atoms with Gasteiger partial charge in [0.05, 0.1) is 0 Å². The van der Waals surface area contributed by atoms with Crippen molar-refractivity contribution in [1.82, 2.24) is 10.3 Å². The van der Waals surface area contributed by atoms with Crippen LogP contribution in [0.5, 0.6) is 5.75 Å². The molecule has 1 aromatic heterocycles. The highest BCUT2D eigenvalue weighted by Crippen LogP contribution is 2.20. The Kier molecular flexibility index (Phi) is 7.03. The molecule has 0 saturated carbocycles. The van der Waals surface area contributed by atoms with E-state index in [1.165, 1.54) is 6.92 Å². The maximum atomic E-state index is 13.1. The second-order valence-electron chi connectivity index (χ2n) is 7.77. The van der Waals surface area contributed by atoms with Gasteiger partial charge in [0.1, 0.15) is 11.8 Å². The molecule has 0 unspecified atom stereocenters. The Labute approximate surface area is 196 Å². The smallest absolute Gasteiger partial charge is 0.413 e. The number of benzene rings is 3. The molecule has 2 atom stereocenters. The fraction of sp³-hybridized carbons (Fsp3) is 0.148. The first-order chi connectivity index (χ1) is 16.5. The minimum atomic E-state index is -1.07. The number of ether oxygens (including phenoxy) is 2. The predicted molar refractivity (Wildman–Crippen MR) is 128 cm³/mol. The number of aromatic nitrogens is 1. The zero-order valence-electron chi connectivity index (χ0n) is 18.6. The number of rotatable bonds is 8. The quantitative estimate of drug-likeness (QED) is 0.296. The summed E-state index contributed by atoms with van der Waals surface area (Å²) >= 11 is 0. The lowest BCUT2D eigenvalue weighted by atomic mass is 10.0. The Balaban J connectivity index is 1.51. The normalized spacial score (nSPS) is 12.5. The van der Waals surface area contributed by atoms with Crippen molar-refractivity contribution in [3.8, 4) is 5.75 Å². The molecule has 0 aliphatic heterocycles. The summed E-state index contributed by atoms with van der Waals surface area (Å²) in [5, 5.41) is 3.51. The van der Waals surface area contributed by atoms with Crippen LogP contribution in [0.25, 0.3) is 10.9 Å². The van der Waals surface area contributed by atoms with Crippen LogP contribution in [-0.4, -0.2) is 35.0 Å². The first-order valence-corrected chi connectivity index (χ1v) is 10.9. The van der Waals surface area contributed by atoms with Crippen LogP contribution in [0.15, 0.2) is 91.1 Å². The van der Waals surface area contributed by atoms with Gasteiger partial charge in [-0.2, -0.15) is 0 Å². The number of fused-ring (bicyclic) bond motifs is 1. The van der Waals surface area contributed by atoms with Gasteiger partial charge in [-0.05, 0) is 30.7 Å². The topological polar surface area (TPSA) is 97.5 Å². The van der Waals surface area contributed by atoms with Crippen LogP contribution >= 0.6 is 0 Å². The number of aromatic amines is 1. The summed E-state index contributed by atoms with van der Waals surface area (Å²) < 4.78 is 10.8. The van der Waals surface area contributed by atoms with Crippen LogP contribution in [0.2, 0.25) is 0 Å². The van der Waals surface area contributed by atoms with Gasteiger partial charge in [0.25, 0.3) is 0 Å². The molecule has 0 aliphatic carbocycles. The molecule has 0 saturated heterocycles. The summed E-state index contributed by atoms with van der Waals surface area (Å²) in [7, 11) is 0. The van der Waals surface area contributed by atoms with Crippen molar-refractivity contribution >= 4 is 28.7 Å². The third-order valence-corrected chi connectivity index (χ3v) is 5.35. The molecule has 7 nitrogen and oxygen atoms in total. The molecule has 0 spiro atoms. The average molecular weight is 456 g/mol. The highest BCUT2D eigenvalue weighted by atomic mass is 16.6. The Hall–Kier alpha value is -4.39. The summed E-state index contributed by atoms with van der Waals surface area (Å²) in [6.07, 6.45) is 0.120. The van der Waals surface area contributed by atoms with Gasteiger partial charge in [-0.1, -0.05) is 66.7 Å². The number of esters is 1. The number of H-pyrrole nitrogens is 1. The molecule has 1 heterocycles. The Morgan fingerprint density at radius 1 is 0.882 bits per heavy atom. The molecule has 172 valence electrons. The van der Waals surface area contributed by atoms with Gasteiger partial charge in [0.15, 0.2) is 6.10 Å². The van der Waals surface area contributed by atoms with Crippen molar-refractivity contribution in [3.05, 3.63) is 102 Å². The predicted octanol–water partition coefficient (Wildman–Crippen LogP) is 4.68. The minimum absolute atomic E-state index is 0.152. The second-order valence-corrected chi connectivity index (χ2v) is 7.77. The number of Topliss-reactive ketones (excluding diaryl/α,β-unsaturated/α-hetero) is 1. The van der Waals surface area contributed by atoms with Crippen molar-refractivity contribution in [2.24, 2.45) is 0 Å². The summed E-state index contributed by atoms with van der Waals surface area (Å²) in [6, 6.07) is 23.7. The molecule has 0 aliphatic rings. The molecule has 0 radical (unpaired) electrons. The fourth-order valence-corrected chi connectivity index (χ4v) is 3.63. The standard InChI is InChI=1S/C27H24N2O5/c1-18(25(30)19-10-4-2-5-11-19)33-26(31)24(29-27(32)34-21-12-6-3-7-13-21)16-20-17-28-23-15-9-8-14-22(20)23/h2-15,17-18,24,28H,16H2,1H3,(H,29,32)/t18-,24-/m0/s1. The van der Waals surface area contributed by atoms with E-state index in [1.807, 2.05) is 24.3 Å². The second kappa shape index (κ2) is 10.5. The van der Waals surface area contributed by atoms with Crippen LogP contribution < -0.4 is 10.1 Å². The van der Waals surface area contributed by atoms with E-state index in [0.29, 0.717) is 11.3 Å². The molecule has 0 fully saturated rings. The molecular weight excluding hydrogens is 432 g/mol. The number of nitrogens with one attached hydrogen (secondary N) is 2. The fourth-order valence-electron chi connectivity index (χ4n) is 3.63. The van der Waals surface area contributed by atoms with E-state index < -0.39 is 24.2 Å². The lowest BCUT2D eigenvalue weighted by molar-refractivity contribution is -0.148. The lowest BCUT2D eigenvalue weighted by Gasteiger charge is -2.20. The van der Waals surface area contributed by atoms with E-state index in [-0.39, 0.29) is 12.2 Å². The number of carbonyl (C=O) groups is 3. The van der Waals surface area contributed by atoms with Gasteiger partial charge in [-0.25, -0.2) is 9.59 Å². The monoisotopic (exact) mass is 456 g/mol. The SMILES string of the molecule is C[C@H](OC(=O)[C@H](Cc1c[nH]c2ccccc12)NC(=O)Oc1ccccc1)C(=O)c1ccccc1. The third kappa shape index (κ3) is 5.50. The maximum Gasteiger partial charge on any atom is 0.413 e. The van der Waals surface area contributed by atoms with Gasteiger partial charge in [0, 0.05) is 29.1 Å². The van der Waals surface area contributed by atoms with Gasteiger partial charge in [0.2, 0.25) is 5.78 Å². The van der Waals surface area contributed by atoms with Gasteiger partial charge >= 0.3 is 12.1 Å². The van der Waals surface area contributed by atoms with Crippen molar-refractivity contribution in [2.45, 2.75) is 25.5 Å². The Morgan fingerprint density at radius 2 is 1.53 bits per heavy atom. The molecule has 1 amide bonds. The zero-order valence-corrected chi connectivity index (χ0v) is 18.6. The lowest BCUT2D eigenvalue weighted by Crippen LogP contribution is -2.46. The van der Waals surface area contributed by atoms with Gasteiger partial charge < -0.3 is 19.8 Å². The number of amides is 1. The van der Waals surface area contributed by atoms with E-state index in [0.717, 1.165) is 16.5 Å². The van der Waals surface area contributed by atoms with Crippen LogP contribution in [0.1, 0.15) is 22.8 Å². The van der Waals surface area contributed by atoms with Gasteiger partial charge in [-0.15, -0.1) is 0 Å². The van der Waals surface area contributed by atoms with Crippen LogP contribution in [-0.2, 0) is 16.0 Å². The van der Waals surface area contributed by atoms with Gasteiger partial charge in [-0.3, -0.25) is 4.79 Å². The summed E-state index contributed by atoms with van der Waals surface area (Å²) in [4.78, 5) is 41.4. The molecule has 4 aromatic rings. The Bertz CT molecular complexity index is 1280. The first kappa shape index (κ1) is 22.8. The van der Waals surface area contributed by atoms with Crippen LogP contribution in [0.3, 0.4) is 0 Å². The van der Waals surface area contributed by atoms with Crippen molar-refractivity contribution in [2.75, 3.05) is 0 Å². The minimum Gasteiger partial charge on any atom is -0.453 e. The number of carbonyl (C=O) groups excluding carboxylic acids is 3. The van der Waals surface area contributed by atoms with Crippen LogP contribution in [0.4, 0.5) is 4.79 Å². The number of para-hydroxylation sites is 2. The highest BCUT2D eigenvalue weighted by Gasteiger charge is 2.28. The van der Waals surface area contributed by atoms with E-state index >= 15 is 0 Å². The van der Waals surface area contributed by atoms with E-state index in [9.17, 15) is 14.4 Å². The number of hydrogen-bond donors (Lipinski definition) is 2. The van der Waals surface area contributed by atoms with E-state index in [1.54, 1.807) is 66.9 Å². The molecule has 2 N–H and O–H groups in total. The Morgan fingerprint density at radius 3 is 2.26 bits per heavy atom. The molecular formula is C27H24N2O5. The first-order valence-electron chi connectivity index (χ1n) is 10.9. The molecule has 4 rings (SSSR count). The number of hydrogen-bond acceptors (Lipinski definition) is 5.